The third-order valence-corrected chi connectivity index (χ3v) is 1.85. The first-order chi connectivity index (χ1) is 8.56. The van der Waals surface area contributed by atoms with E-state index in [2.05, 4.69) is 0 Å². The Morgan fingerprint density at radius 1 is 1.05 bits per heavy atom. The van der Waals surface area contributed by atoms with Gasteiger partial charge in [-0.2, -0.15) is 0 Å². The van der Waals surface area contributed by atoms with Crippen LogP contribution >= 0.6 is 0 Å². The number of rotatable bonds is 6. The van der Waals surface area contributed by atoms with E-state index >= 15 is 0 Å². The van der Waals surface area contributed by atoms with Crippen LogP contribution in [0.3, 0.4) is 0 Å². The van der Waals surface area contributed by atoms with Crippen molar-refractivity contribution in [2.45, 2.75) is 37.4 Å². The first kappa shape index (κ1) is 25.3. The van der Waals surface area contributed by atoms with Crippen LogP contribution in [-0.2, 0) is 9.59 Å². The molecule has 0 saturated heterocycles. The van der Waals surface area contributed by atoms with Crippen molar-refractivity contribution in [1.82, 2.24) is 0 Å². The van der Waals surface area contributed by atoms with E-state index in [-0.39, 0.29) is 51.4 Å². The second kappa shape index (κ2) is 13.0. The molecule has 0 saturated carbocycles. The van der Waals surface area contributed by atoms with Gasteiger partial charge in [0.25, 0.3) is 0 Å². The fraction of sp³-hybridized carbons (Fsp3) is 0.778. The van der Waals surface area contributed by atoms with E-state index in [1.54, 1.807) is 0 Å². The Balaban J connectivity index is -0.000000352. The molecule has 20 heavy (non-hydrogen) atoms. The summed E-state index contributed by atoms with van der Waals surface area (Å²) in [6.45, 7) is 0.292. The molecule has 0 heterocycles. The standard InChI is InChI=1S/C6H12O7.C3H6O3.K/c7-1-2(8)3(9)4(10)5(11)6(12)13;1-2(4)3(5)6;/h2-5,7-11H,1H2,(H,12,13);2,4H,1H3,(H,5,6);/q;;+1/p-1/t2-,3+,4+,5-;;/m1../s1. The molecule has 0 bridgehead atoms. The largest absolute Gasteiger partial charge is 1.00 e. The Kier molecular flexibility index (Phi) is 16.5. The number of aliphatic hydroxyl groups is 6. The van der Waals surface area contributed by atoms with Gasteiger partial charge < -0.3 is 45.6 Å². The minimum Gasteiger partial charge on any atom is -0.547 e. The molecule has 0 rings (SSSR count). The predicted octanol–water partition coefficient (Wildman–Crippen LogP) is -8.37. The summed E-state index contributed by atoms with van der Waals surface area (Å²) in [5, 5.41) is 69.1. The molecule has 114 valence electrons. The summed E-state index contributed by atoms with van der Waals surface area (Å²) < 4.78 is 0. The molecule has 0 fully saturated rings. The van der Waals surface area contributed by atoms with E-state index in [1.165, 1.54) is 0 Å². The summed E-state index contributed by atoms with van der Waals surface area (Å²) in [4.78, 5) is 19.4. The smallest absolute Gasteiger partial charge is 0.547 e. The molecule has 10 nitrogen and oxygen atoms in total. The summed E-state index contributed by atoms with van der Waals surface area (Å²) in [7, 11) is 0. The van der Waals surface area contributed by atoms with Gasteiger partial charge in [-0.05, 0) is 6.92 Å². The molecule has 0 spiro atoms. The summed E-state index contributed by atoms with van der Waals surface area (Å²) in [5.41, 5.74) is 0. The molecule has 0 aromatic carbocycles. The van der Waals surface area contributed by atoms with Crippen molar-refractivity contribution < 1.29 is 102 Å². The molecule has 0 aromatic heterocycles. The average molecular weight is 324 g/mol. The number of aliphatic hydroxyl groups excluding tert-OH is 6. The predicted molar refractivity (Wildman–Crippen MR) is 55.4 cm³/mol. The molecule has 0 aliphatic carbocycles. The van der Waals surface area contributed by atoms with Gasteiger partial charge in [0.15, 0.2) is 6.10 Å². The molecule has 0 radical (unpaired) electrons. The van der Waals surface area contributed by atoms with E-state index in [1.807, 2.05) is 0 Å². The van der Waals surface area contributed by atoms with Gasteiger partial charge in [0.1, 0.15) is 18.3 Å². The maximum absolute atomic E-state index is 10.1. The molecular weight excluding hydrogens is 307 g/mol. The summed E-state index contributed by atoms with van der Waals surface area (Å²) in [6, 6.07) is 0. The van der Waals surface area contributed by atoms with Crippen molar-refractivity contribution in [3.63, 3.8) is 0 Å². The third-order valence-electron chi connectivity index (χ3n) is 1.85. The normalized spacial score (nSPS) is 17.4. The van der Waals surface area contributed by atoms with Crippen molar-refractivity contribution in [1.29, 1.82) is 0 Å². The Hall–Kier alpha value is 0.336. The Labute approximate surface area is 156 Å². The number of carboxylic acid groups (broad SMARTS) is 2. The van der Waals surface area contributed by atoms with Crippen LogP contribution in [0.4, 0.5) is 0 Å². The Morgan fingerprint density at radius 2 is 1.40 bits per heavy atom. The SMILES string of the molecule is CC(O)C(=O)[O-].O=C(O)[C@H](O)[C@@H](O)[C@@H](O)[C@H](O)CO.[K+]. The number of carboxylic acids is 2. The Bertz CT molecular complexity index is 284. The van der Waals surface area contributed by atoms with Gasteiger partial charge >= 0.3 is 57.4 Å². The van der Waals surface area contributed by atoms with Gasteiger partial charge in [-0.1, -0.05) is 0 Å². The van der Waals surface area contributed by atoms with Crippen molar-refractivity contribution in [3.05, 3.63) is 0 Å². The van der Waals surface area contributed by atoms with Crippen LogP contribution in [0.1, 0.15) is 6.92 Å². The zero-order valence-corrected chi connectivity index (χ0v) is 14.1. The molecule has 5 atom stereocenters. The molecule has 0 aliphatic heterocycles. The van der Waals surface area contributed by atoms with E-state index < -0.39 is 49.1 Å². The first-order valence-corrected chi connectivity index (χ1v) is 5.01. The molecule has 0 aliphatic rings. The molecule has 11 heteroatoms. The molecule has 0 aromatic rings. The second-order valence-electron chi connectivity index (χ2n) is 3.51. The molecule has 1 unspecified atom stereocenters. The van der Waals surface area contributed by atoms with E-state index in [9.17, 15) is 14.7 Å². The molecule has 7 N–H and O–H groups in total. The second-order valence-corrected chi connectivity index (χ2v) is 3.51. The van der Waals surface area contributed by atoms with E-state index in [0.29, 0.717) is 0 Å². The number of carbonyl (C=O) groups is 2. The van der Waals surface area contributed by atoms with Crippen LogP contribution in [0, 0.1) is 0 Å². The van der Waals surface area contributed by atoms with Gasteiger partial charge in [0, 0.05) is 0 Å². The summed E-state index contributed by atoms with van der Waals surface area (Å²) >= 11 is 0. The average Bonchev–Trinajstić information content (AvgIpc) is 2.35. The van der Waals surface area contributed by atoms with Crippen molar-refractivity contribution >= 4 is 11.9 Å². The van der Waals surface area contributed by atoms with Crippen LogP contribution < -0.4 is 56.5 Å². The zero-order valence-electron chi connectivity index (χ0n) is 10.9. The summed E-state index contributed by atoms with van der Waals surface area (Å²) in [5.74, 6) is -3.16. The van der Waals surface area contributed by atoms with Crippen molar-refractivity contribution in [2.75, 3.05) is 6.61 Å². The van der Waals surface area contributed by atoms with Gasteiger partial charge in [-0.25, -0.2) is 4.79 Å². The van der Waals surface area contributed by atoms with Gasteiger partial charge in [0.2, 0.25) is 0 Å². The van der Waals surface area contributed by atoms with Gasteiger partial charge in [-0.3, -0.25) is 0 Å². The van der Waals surface area contributed by atoms with Crippen LogP contribution in [0.5, 0.6) is 0 Å². The van der Waals surface area contributed by atoms with Gasteiger partial charge in [-0.15, -0.1) is 0 Å². The van der Waals surface area contributed by atoms with Gasteiger partial charge in [0.05, 0.1) is 18.7 Å². The van der Waals surface area contributed by atoms with Crippen LogP contribution in [-0.4, -0.2) is 84.8 Å². The first-order valence-electron chi connectivity index (χ1n) is 5.01. The number of carbonyl (C=O) groups excluding carboxylic acids is 1. The number of hydrogen-bond acceptors (Lipinski definition) is 9. The van der Waals surface area contributed by atoms with Crippen LogP contribution in [0.25, 0.3) is 0 Å². The summed E-state index contributed by atoms with van der Waals surface area (Å²) in [6.07, 6.45) is -9.18. The minimum absolute atomic E-state index is 0. The molecular formula is C9H17KO10. The minimum atomic E-state index is -2.20. The fourth-order valence-electron chi connectivity index (χ4n) is 0.668. The maximum atomic E-state index is 10.1. The number of aliphatic carboxylic acids is 2. The third kappa shape index (κ3) is 11.0. The molecule has 0 amide bonds. The maximum Gasteiger partial charge on any atom is 1.00 e. The van der Waals surface area contributed by atoms with Crippen LogP contribution in [0.15, 0.2) is 0 Å². The monoisotopic (exact) mass is 324 g/mol. The zero-order chi connectivity index (χ0) is 15.7. The van der Waals surface area contributed by atoms with Crippen molar-refractivity contribution in [3.8, 4) is 0 Å². The fourth-order valence-corrected chi connectivity index (χ4v) is 0.668. The quantitative estimate of drug-likeness (QED) is 0.230. The number of hydrogen-bond donors (Lipinski definition) is 7. The van der Waals surface area contributed by atoms with Crippen molar-refractivity contribution in [2.24, 2.45) is 0 Å². The van der Waals surface area contributed by atoms with Crippen LogP contribution in [0.2, 0.25) is 0 Å². The van der Waals surface area contributed by atoms with E-state index in [4.69, 9.17) is 35.7 Å². The van der Waals surface area contributed by atoms with E-state index in [0.717, 1.165) is 6.92 Å². The topological polar surface area (TPSA) is 199 Å². The Morgan fingerprint density at radius 3 is 1.60 bits per heavy atom.